The summed E-state index contributed by atoms with van der Waals surface area (Å²) in [5, 5.41) is 0. The zero-order chi connectivity index (χ0) is 9.10. The molecule has 0 N–H and O–H groups in total. The van der Waals surface area contributed by atoms with Gasteiger partial charge in [-0.3, -0.25) is 0 Å². The predicted molar refractivity (Wildman–Crippen MR) is 55.5 cm³/mol. The lowest BCUT2D eigenvalue weighted by Gasteiger charge is -2.03. The molecule has 0 aliphatic heterocycles. The van der Waals surface area contributed by atoms with Gasteiger partial charge in [0.15, 0.2) is 0 Å². The average Bonchev–Trinajstić information content (AvgIpc) is 2.92. The molecule has 0 radical (unpaired) electrons. The predicted octanol–water partition coefficient (Wildman–Crippen LogP) is 4.00. The quantitative estimate of drug-likeness (QED) is 0.610. The summed E-state index contributed by atoms with van der Waals surface area (Å²) in [4.78, 5) is 0. The van der Waals surface area contributed by atoms with E-state index in [4.69, 9.17) is 0 Å². The first-order valence-electron chi connectivity index (χ1n) is 6.21. The molecule has 0 bridgehead atoms. The summed E-state index contributed by atoms with van der Waals surface area (Å²) in [6.07, 6.45) is 10.9. The zero-order valence-corrected chi connectivity index (χ0v) is 9.10. The van der Waals surface area contributed by atoms with E-state index in [0.29, 0.717) is 0 Å². The summed E-state index contributed by atoms with van der Waals surface area (Å²) in [6, 6.07) is 0. The van der Waals surface area contributed by atoms with E-state index in [9.17, 15) is 0 Å². The fourth-order valence-electron chi connectivity index (χ4n) is 4.09. The Hall–Kier alpha value is 0. The van der Waals surface area contributed by atoms with E-state index < -0.39 is 0 Å². The van der Waals surface area contributed by atoms with Gasteiger partial charge in [0.25, 0.3) is 0 Å². The number of hydrogen-bond acceptors (Lipinski definition) is 0. The highest BCUT2D eigenvalue weighted by Crippen LogP contribution is 2.93. The Kier molecular flexibility index (Phi) is 1.49. The summed E-state index contributed by atoms with van der Waals surface area (Å²) in [6.45, 7) is 4.71. The molecule has 3 aliphatic carbocycles. The van der Waals surface area contributed by atoms with Gasteiger partial charge in [0.05, 0.1) is 0 Å². The fourth-order valence-corrected chi connectivity index (χ4v) is 4.09. The van der Waals surface area contributed by atoms with Crippen molar-refractivity contribution in [2.75, 3.05) is 0 Å². The molecule has 0 nitrogen and oxygen atoms in total. The van der Waals surface area contributed by atoms with E-state index in [1.165, 1.54) is 18.8 Å². The molecule has 0 heterocycles. The molecule has 3 fully saturated rings. The van der Waals surface area contributed by atoms with Gasteiger partial charge in [0.1, 0.15) is 0 Å². The molecule has 3 saturated carbocycles. The topological polar surface area (TPSA) is 0 Å². The molecule has 3 rings (SSSR count). The van der Waals surface area contributed by atoms with Crippen LogP contribution in [0.15, 0.2) is 0 Å². The lowest BCUT2D eigenvalue weighted by atomic mass is 10.0. The standard InChI is InChI=1S/C13H22/c1-10(2)4-3-5-11-12(6-7-12)13(11)8-9-13/h10-11H,3-9H2,1-2H3. The van der Waals surface area contributed by atoms with E-state index in [2.05, 4.69) is 13.8 Å². The Balaban J connectivity index is 1.48. The minimum absolute atomic E-state index is 0.920. The van der Waals surface area contributed by atoms with Gasteiger partial charge < -0.3 is 0 Å². The zero-order valence-electron chi connectivity index (χ0n) is 9.10. The first-order valence-corrected chi connectivity index (χ1v) is 6.21. The van der Waals surface area contributed by atoms with Crippen molar-refractivity contribution in [3.05, 3.63) is 0 Å². The first-order chi connectivity index (χ1) is 6.21. The Morgan fingerprint density at radius 3 is 2.00 bits per heavy atom. The molecule has 0 unspecified atom stereocenters. The lowest BCUT2D eigenvalue weighted by Crippen LogP contribution is -1.89. The molecule has 0 amide bonds. The Labute approximate surface area is 82.1 Å². The van der Waals surface area contributed by atoms with Gasteiger partial charge in [-0.15, -0.1) is 0 Å². The lowest BCUT2D eigenvalue weighted by molar-refractivity contribution is 0.498. The Morgan fingerprint density at radius 2 is 1.62 bits per heavy atom. The molecular weight excluding hydrogens is 156 g/mol. The van der Waals surface area contributed by atoms with Crippen molar-refractivity contribution in [2.24, 2.45) is 22.7 Å². The van der Waals surface area contributed by atoms with E-state index in [0.717, 1.165) is 16.7 Å². The second-order valence-corrected chi connectivity index (χ2v) is 6.19. The molecule has 3 aliphatic rings. The first kappa shape index (κ1) is 8.32. The highest BCUT2D eigenvalue weighted by Gasteiger charge is 2.85. The second-order valence-electron chi connectivity index (χ2n) is 6.19. The van der Waals surface area contributed by atoms with Gasteiger partial charge in [-0.1, -0.05) is 26.7 Å². The average molecular weight is 178 g/mol. The van der Waals surface area contributed by atoms with Crippen LogP contribution in [0.4, 0.5) is 0 Å². The van der Waals surface area contributed by atoms with Crippen molar-refractivity contribution in [3.8, 4) is 0 Å². The molecule has 13 heavy (non-hydrogen) atoms. The van der Waals surface area contributed by atoms with Crippen LogP contribution in [0.25, 0.3) is 0 Å². The number of fused-ring (bicyclic) bond motifs is 1. The molecule has 0 heteroatoms. The second kappa shape index (κ2) is 2.32. The normalized spacial score (nSPS) is 35.8. The van der Waals surface area contributed by atoms with E-state index in [1.807, 2.05) is 0 Å². The summed E-state index contributed by atoms with van der Waals surface area (Å²) >= 11 is 0. The minimum atomic E-state index is 0.920. The molecule has 74 valence electrons. The molecule has 2 spiro atoms. The maximum atomic E-state index is 2.35. The smallest absolute Gasteiger partial charge is 0.0204 e. The van der Waals surface area contributed by atoms with Crippen LogP contribution in [-0.2, 0) is 0 Å². The van der Waals surface area contributed by atoms with Gasteiger partial charge in [-0.25, -0.2) is 0 Å². The number of rotatable bonds is 4. The highest BCUT2D eigenvalue weighted by molar-refractivity contribution is 5.34. The van der Waals surface area contributed by atoms with Gasteiger partial charge in [-0.2, -0.15) is 0 Å². The van der Waals surface area contributed by atoms with Crippen molar-refractivity contribution >= 4 is 0 Å². The molecule has 0 aromatic carbocycles. The third kappa shape index (κ3) is 0.980. The van der Waals surface area contributed by atoms with Crippen LogP contribution in [-0.4, -0.2) is 0 Å². The minimum Gasteiger partial charge on any atom is -0.0628 e. The van der Waals surface area contributed by atoms with Crippen molar-refractivity contribution in [1.82, 2.24) is 0 Å². The molecule has 0 aromatic heterocycles. The van der Waals surface area contributed by atoms with Crippen molar-refractivity contribution < 1.29 is 0 Å². The summed E-state index contributed by atoms with van der Waals surface area (Å²) < 4.78 is 0. The Morgan fingerprint density at radius 1 is 1.08 bits per heavy atom. The van der Waals surface area contributed by atoms with Crippen LogP contribution in [0.5, 0.6) is 0 Å². The molecule has 0 saturated heterocycles. The summed E-state index contributed by atoms with van der Waals surface area (Å²) in [5.41, 5.74) is 1.92. The van der Waals surface area contributed by atoms with Gasteiger partial charge in [0.2, 0.25) is 0 Å². The maximum Gasteiger partial charge on any atom is -0.0204 e. The van der Waals surface area contributed by atoms with Gasteiger partial charge >= 0.3 is 0 Å². The van der Waals surface area contributed by atoms with E-state index in [-0.39, 0.29) is 0 Å². The molecular formula is C13H22. The summed E-state index contributed by atoms with van der Waals surface area (Å²) in [5.74, 6) is 2.11. The van der Waals surface area contributed by atoms with Gasteiger partial charge in [0, 0.05) is 0 Å². The number of hydrogen-bond donors (Lipinski definition) is 0. The highest BCUT2D eigenvalue weighted by atomic mass is 14.9. The maximum absolute atomic E-state index is 2.35. The SMILES string of the molecule is CC(C)CCCC1C2(CC2)C12CC2. The van der Waals surface area contributed by atoms with E-state index >= 15 is 0 Å². The van der Waals surface area contributed by atoms with Crippen LogP contribution in [0.3, 0.4) is 0 Å². The molecule has 0 aromatic rings. The largest absolute Gasteiger partial charge is 0.0628 e. The van der Waals surface area contributed by atoms with Crippen LogP contribution < -0.4 is 0 Å². The van der Waals surface area contributed by atoms with Crippen LogP contribution in [0.2, 0.25) is 0 Å². The van der Waals surface area contributed by atoms with Crippen molar-refractivity contribution in [3.63, 3.8) is 0 Å². The fraction of sp³-hybridized carbons (Fsp3) is 1.00. The molecule has 0 atom stereocenters. The van der Waals surface area contributed by atoms with Crippen LogP contribution in [0.1, 0.15) is 58.8 Å². The third-order valence-electron chi connectivity index (χ3n) is 5.09. The third-order valence-corrected chi connectivity index (χ3v) is 5.09. The van der Waals surface area contributed by atoms with Crippen LogP contribution in [0, 0.1) is 22.7 Å². The van der Waals surface area contributed by atoms with Crippen molar-refractivity contribution in [2.45, 2.75) is 58.8 Å². The summed E-state index contributed by atoms with van der Waals surface area (Å²) in [7, 11) is 0. The van der Waals surface area contributed by atoms with E-state index in [1.54, 1.807) is 32.1 Å². The monoisotopic (exact) mass is 178 g/mol. The van der Waals surface area contributed by atoms with Crippen LogP contribution >= 0.6 is 0 Å². The van der Waals surface area contributed by atoms with Crippen molar-refractivity contribution in [1.29, 1.82) is 0 Å². The Bertz CT molecular complexity index is 200. The van der Waals surface area contributed by atoms with Gasteiger partial charge in [-0.05, 0) is 54.8 Å².